The van der Waals surface area contributed by atoms with Crippen molar-refractivity contribution in [3.8, 4) is 0 Å². The number of methoxy groups -OCH3 is 1. The highest BCUT2D eigenvalue weighted by molar-refractivity contribution is 5.98. The number of nitrogens with zero attached hydrogens (tertiary/aromatic N) is 3. The van der Waals surface area contributed by atoms with Crippen molar-refractivity contribution in [1.82, 2.24) is 14.4 Å². The zero-order valence-corrected chi connectivity index (χ0v) is 15.4. The third kappa shape index (κ3) is 2.75. The Hall–Kier alpha value is -1.85. The van der Waals surface area contributed by atoms with Gasteiger partial charge in [0, 0.05) is 56.5 Å². The number of carbonyl (C=O) groups is 1. The Labute approximate surface area is 149 Å². The SMILES string of the molecule is COCC1CCN(C)C2(C1)CN(C(=O)c1ccc3c(ccn3C)c1)C2. The smallest absolute Gasteiger partial charge is 0.254 e. The number of aryl methyl sites for hydroxylation is 1. The quantitative estimate of drug-likeness (QED) is 0.860. The summed E-state index contributed by atoms with van der Waals surface area (Å²) in [6.07, 6.45) is 4.34. The van der Waals surface area contributed by atoms with Gasteiger partial charge in [0.25, 0.3) is 5.91 Å². The number of hydrogen-bond donors (Lipinski definition) is 0. The van der Waals surface area contributed by atoms with E-state index in [0.29, 0.717) is 5.92 Å². The van der Waals surface area contributed by atoms with Crippen molar-refractivity contribution >= 4 is 16.8 Å². The number of carbonyl (C=O) groups excluding carboxylic acids is 1. The minimum atomic E-state index is 0.147. The van der Waals surface area contributed by atoms with Gasteiger partial charge in [0.1, 0.15) is 0 Å². The molecular weight excluding hydrogens is 314 g/mol. The predicted molar refractivity (Wildman–Crippen MR) is 98.8 cm³/mol. The molecule has 0 aliphatic carbocycles. The van der Waals surface area contributed by atoms with Crippen molar-refractivity contribution in [2.24, 2.45) is 13.0 Å². The van der Waals surface area contributed by atoms with E-state index in [4.69, 9.17) is 4.74 Å². The summed E-state index contributed by atoms with van der Waals surface area (Å²) in [5.41, 5.74) is 2.10. The van der Waals surface area contributed by atoms with Crippen LogP contribution in [0.1, 0.15) is 23.2 Å². The molecule has 2 aliphatic rings. The average Bonchev–Trinajstić information content (AvgIpc) is 2.95. The molecule has 1 amide bonds. The molecule has 0 N–H and O–H groups in total. The molecule has 134 valence electrons. The number of fused-ring (bicyclic) bond motifs is 1. The van der Waals surface area contributed by atoms with Gasteiger partial charge >= 0.3 is 0 Å². The van der Waals surface area contributed by atoms with Gasteiger partial charge in [-0.15, -0.1) is 0 Å². The van der Waals surface area contributed by atoms with Gasteiger partial charge < -0.3 is 14.2 Å². The molecule has 2 fully saturated rings. The van der Waals surface area contributed by atoms with E-state index in [1.54, 1.807) is 7.11 Å². The third-order valence-electron chi connectivity index (χ3n) is 6.14. The number of aromatic nitrogens is 1. The lowest BCUT2D eigenvalue weighted by Crippen LogP contribution is -2.72. The van der Waals surface area contributed by atoms with E-state index in [1.165, 1.54) is 6.42 Å². The maximum Gasteiger partial charge on any atom is 0.254 e. The number of ether oxygens (including phenoxy) is 1. The van der Waals surface area contributed by atoms with Gasteiger partial charge in [-0.05, 0) is 56.6 Å². The first kappa shape index (κ1) is 16.6. The molecule has 3 heterocycles. The number of rotatable bonds is 3. The van der Waals surface area contributed by atoms with Crippen LogP contribution in [0.4, 0.5) is 0 Å². The minimum Gasteiger partial charge on any atom is -0.384 e. The number of hydrogen-bond acceptors (Lipinski definition) is 3. The van der Waals surface area contributed by atoms with E-state index < -0.39 is 0 Å². The summed E-state index contributed by atoms with van der Waals surface area (Å²) in [5, 5.41) is 1.12. The Morgan fingerprint density at radius 1 is 1.28 bits per heavy atom. The van der Waals surface area contributed by atoms with E-state index in [9.17, 15) is 4.79 Å². The van der Waals surface area contributed by atoms with Gasteiger partial charge in [0.15, 0.2) is 0 Å². The van der Waals surface area contributed by atoms with Crippen molar-refractivity contribution < 1.29 is 9.53 Å². The van der Waals surface area contributed by atoms with E-state index in [1.807, 2.05) is 36.3 Å². The fourth-order valence-corrected chi connectivity index (χ4v) is 4.56. The van der Waals surface area contributed by atoms with Gasteiger partial charge in [-0.3, -0.25) is 9.69 Å². The molecule has 2 saturated heterocycles. The first-order valence-corrected chi connectivity index (χ1v) is 9.07. The Balaban J connectivity index is 1.47. The van der Waals surface area contributed by atoms with Crippen LogP contribution in [0.25, 0.3) is 10.9 Å². The lowest BCUT2D eigenvalue weighted by atomic mass is 9.75. The van der Waals surface area contributed by atoms with Crippen molar-refractivity contribution in [3.05, 3.63) is 36.0 Å². The molecule has 5 heteroatoms. The summed E-state index contributed by atoms with van der Waals surface area (Å²) in [5.74, 6) is 0.762. The normalized spacial score (nSPS) is 23.2. The molecular formula is C20H27N3O2. The fourth-order valence-electron chi connectivity index (χ4n) is 4.56. The zero-order chi connectivity index (χ0) is 17.6. The van der Waals surface area contributed by atoms with Crippen molar-refractivity contribution in [2.45, 2.75) is 18.4 Å². The predicted octanol–water partition coefficient (Wildman–Crippen LogP) is 2.36. The Morgan fingerprint density at radius 3 is 2.84 bits per heavy atom. The Morgan fingerprint density at radius 2 is 2.08 bits per heavy atom. The topological polar surface area (TPSA) is 37.7 Å². The van der Waals surface area contributed by atoms with E-state index in [-0.39, 0.29) is 11.4 Å². The van der Waals surface area contributed by atoms with E-state index >= 15 is 0 Å². The highest BCUT2D eigenvalue weighted by atomic mass is 16.5. The summed E-state index contributed by atoms with van der Waals surface area (Å²) in [6, 6.07) is 8.07. The first-order valence-electron chi connectivity index (χ1n) is 9.07. The third-order valence-corrected chi connectivity index (χ3v) is 6.14. The Kier molecular flexibility index (Phi) is 4.08. The van der Waals surface area contributed by atoms with Crippen LogP contribution in [0.2, 0.25) is 0 Å². The number of likely N-dealkylation sites (tertiary alicyclic amines) is 2. The van der Waals surface area contributed by atoms with Crippen LogP contribution >= 0.6 is 0 Å². The number of likely N-dealkylation sites (N-methyl/N-ethyl adjacent to an activating group) is 1. The van der Waals surface area contributed by atoms with Crippen LogP contribution in [0.3, 0.4) is 0 Å². The van der Waals surface area contributed by atoms with Crippen LogP contribution in [0.5, 0.6) is 0 Å². The van der Waals surface area contributed by atoms with E-state index in [0.717, 1.165) is 49.1 Å². The number of benzene rings is 1. The first-order chi connectivity index (χ1) is 12.0. The summed E-state index contributed by atoms with van der Waals surface area (Å²) in [7, 11) is 6.00. The maximum atomic E-state index is 12.9. The second-order valence-corrected chi connectivity index (χ2v) is 7.82. The summed E-state index contributed by atoms with van der Waals surface area (Å²) in [4.78, 5) is 17.3. The number of amides is 1. The van der Waals surface area contributed by atoms with Crippen molar-refractivity contribution in [2.75, 3.05) is 40.4 Å². The summed E-state index contributed by atoms with van der Waals surface area (Å²) < 4.78 is 7.44. The fraction of sp³-hybridized carbons (Fsp3) is 0.550. The van der Waals surface area contributed by atoms with Gasteiger partial charge in [0.05, 0.1) is 5.54 Å². The molecule has 1 spiro atoms. The van der Waals surface area contributed by atoms with Crippen LogP contribution in [-0.4, -0.2) is 66.2 Å². The summed E-state index contributed by atoms with van der Waals surface area (Å²) >= 11 is 0. The zero-order valence-electron chi connectivity index (χ0n) is 15.4. The Bertz CT molecular complexity index is 791. The van der Waals surface area contributed by atoms with Crippen molar-refractivity contribution in [3.63, 3.8) is 0 Å². The lowest BCUT2D eigenvalue weighted by molar-refractivity contribution is -0.0731. The highest BCUT2D eigenvalue weighted by Gasteiger charge is 2.50. The molecule has 4 rings (SSSR count). The molecule has 1 aromatic heterocycles. The van der Waals surface area contributed by atoms with Crippen LogP contribution in [0.15, 0.2) is 30.5 Å². The minimum absolute atomic E-state index is 0.147. The van der Waals surface area contributed by atoms with Crippen LogP contribution < -0.4 is 0 Å². The van der Waals surface area contributed by atoms with Gasteiger partial charge in [-0.25, -0.2) is 0 Å². The molecule has 2 aromatic rings. The molecule has 0 saturated carbocycles. The number of piperidine rings is 1. The molecule has 1 atom stereocenters. The molecule has 2 aliphatic heterocycles. The van der Waals surface area contributed by atoms with E-state index in [2.05, 4.69) is 22.6 Å². The maximum absolute atomic E-state index is 12.9. The van der Waals surface area contributed by atoms with Gasteiger partial charge in [-0.1, -0.05) is 0 Å². The average molecular weight is 341 g/mol. The lowest BCUT2D eigenvalue weighted by Gasteiger charge is -2.58. The van der Waals surface area contributed by atoms with Crippen LogP contribution in [-0.2, 0) is 11.8 Å². The molecule has 1 unspecified atom stereocenters. The largest absolute Gasteiger partial charge is 0.384 e. The second-order valence-electron chi connectivity index (χ2n) is 7.82. The second kappa shape index (κ2) is 6.15. The monoisotopic (exact) mass is 341 g/mol. The van der Waals surface area contributed by atoms with Gasteiger partial charge in [-0.2, -0.15) is 0 Å². The molecule has 0 bridgehead atoms. The molecule has 1 aromatic carbocycles. The standard InChI is InChI=1S/C20H27N3O2/c1-21-8-7-16-10-17(4-5-18(16)21)19(24)23-13-20(14-23)11-15(12-25-3)6-9-22(20)2/h4-5,7-8,10,15H,6,9,11-14H2,1-3H3. The highest BCUT2D eigenvalue weighted by Crippen LogP contribution is 2.39. The van der Waals surface area contributed by atoms with Crippen LogP contribution in [0, 0.1) is 5.92 Å². The molecule has 0 radical (unpaired) electrons. The van der Waals surface area contributed by atoms with Crippen molar-refractivity contribution in [1.29, 1.82) is 0 Å². The molecule has 5 nitrogen and oxygen atoms in total. The van der Waals surface area contributed by atoms with Gasteiger partial charge in [0.2, 0.25) is 0 Å². The molecule has 25 heavy (non-hydrogen) atoms. The summed E-state index contributed by atoms with van der Waals surface area (Å²) in [6.45, 7) is 3.57.